The molecule has 5 nitrogen and oxygen atoms in total. The number of hydrogen-bond donors (Lipinski definition) is 1. The first-order valence-electron chi connectivity index (χ1n) is 7.54. The second-order valence-corrected chi connectivity index (χ2v) is 6.22. The van der Waals surface area contributed by atoms with Gasteiger partial charge in [0.25, 0.3) is 5.91 Å². The van der Waals surface area contributed by atoms with Gasteiger partial charge in [0.1, 0.15) is 0 Å². The van der Waals surface area contributed by atoms with Gasteiger partial charge in [-0.15, -0.1) is 0 Å². The fraction of sp³-hybridized carbons (Fsp3) is 0.562. The highest BCUT2D eigenvalue weighted by atomic mass is 79.9. The van der Waals surface area contributed by atoms with Gasteiger partial charge >= 0.3 is 0 Å². The molecule has 122 valence electrons. The predicted octanol–water partition coefficient (Wildman–Crippen LogP) is 2.84. The van der Waals surface area contributed by atoms with Crippen LogP contribution in [-0.2, 0) is 0 Å². The van der Waals surface area contributed by atoms with Crippen molar-refractivity contribution in [3.63, 3.8) is 0 Å². The van der Waals surface area contributed by atoms with Gasteiger partial charge < -0.3 is 19.5 Å². The summed E-state index contributed by atoms with van der Waals surface area (Å²) in [5.74, 6) is 1.12. The first-order chi connectivity index (χ1) is 10.6. The molecule has 1 aromatic carbocycles. The van der Waals surface area contributed by atoms with E-state index in [1.54, 1.807) is 24.1 Å². The molecule has 0 unspecified atom stereocenters. The normalized spacial score (nSPS) is 15.7. The van der Waals surface area contributed by atoms with Crippen molar-refractivity contribution in [3.05, 3.63) is 22.2 Å². The van der Waals surface area contributed by atoms with Crippen LogP contribution in [0.4, 0.5) is 0 Å². The number of carbonyl (C=O) groups is 1. The maximum absolute atomic E-state index is 12.6. The van der Waals surface area contributed by atoms with Gasteiger partial charge in [0.2, 0.25) is 0 Å². The van der Waals surface area contributed by atoms with E-state index in [1.165, 1.54) is 0 Å². The molecule has 6 heteroatoms. The molecule has 0 bridgehead atoms. The fourth-order valence-electron chi connectivity index (χ4n) is 2.44. The summed E-state index contributed by atoms with van der Waals surface area (Å²) in [7, 11) is 1.56. The number of rotatable bonds is 5. The molecule has 0 aliphatic carbocycles. The molecule has 1 N–H and O–H groups in total. The monoisotopic (exact) mass is 371 g/mol. The zero-order chi connectivity index (χ0) is 16.1. The highest BCUT2D eigenvalue weighted by Crippen LogP contribution is 2.37. The van der Waals surface area contributed by atoms with Crippen molar-refractivity contribution in [1.29, 1.82) is 0 Å². The summed E-state index contributed by atoms with van der Waals surface area (Å²) in [5, 5.41) is 9.54. The van der Waals surface area contributed by atoms with Gasteiger partial charge in [0.05, 0.1) is 24.3 Å². The lowest BCUT2D eigenvalue weighted by molar-refractivity contribution is 0.0546. The van der Waals surface area contributed by atoms with E-state index in [-0.39, 0.29) is 12.0 Å². The number of halogens is 1. The molecular formula is C16H22BrNO4. The largest absolute Gasteiger partial charge is 0.493 e. The van der Waals surface area contributed by atoms with Crippen LogP contribution in [0, 0.1) is 0 Å². The molecule has 0 radical (unpaired) electrons. The molecule has 2 rings (SSSR count). The second-order valence-electron chi connectivity index (χ2n) is 5.36. The van der Waals surface area contributed by atoms with Crippen LogP contribution in [0.3, 0.4) is 0 Å². The summed E-state index contributed by atoms with van der Waals surface area (Å²) < 4.78 is 11.7. The van der Waals surface area contributed by atoms with E-state index in [0.717, 1.165) is 6.42 Å². The molecular weight excluding hydrogens is 350 g/mol. The smallest absolute Gasteiger partial charge is 0.254 e. The molecule has 1 saturated heterocycles. The van der Waals surface area contributed by atoms with Gasteiger partial charge in [0.15, 0.2) is 11.5 Å². The number of likely N-dealkylation sites (tertiary alicyclic amines) is 1. The van der Waals surface area contributed by atoms with E-state index >= 15 is 0 Å². The third-order valence-corrected chi connectivity index (χ3v) is 4.27. The van der Waals surface area contributed by atoms with Crippen LogP contribution in [0.25, 0.3) is 0 Å². The minimum atomic E-state index is -0.296. The van der Waals surface area contributed by atoms with Crippen molar-refractivity contribution in [2.45, 2.75) is 32.3 Å². The first-order valence-corrected chi connectivity index (χ1v) is 8.33. The standard InChI is InChI=1S/C16H22BrNO4/c1-3-8-22-15-13(17)9-11(10-14(15)21-2)16(20)18-6-4-12(19)5-7-18/h9-10,12,19H,3-8H2,1-2H3. The lowest BCUT2D eigenvalue weighted by Crippen LogP contribution is -2.40. The molecule has 1 aromatic rings. The van der Waals surface area contributed by atoms with Crippen molar-refractivity contribution in [2.75, 3.05) is 26.8 Å². The highest BCUT2D eigenvalue weighted by Gasteiger charge is 2.24. The van der Waals surface area contributed by atoms with Crippen LogP contribution in [0.15, 0.2) is 16.6 Å². The summed E-state index contributed by atoms with van der Waals surface area (Å²) >= 11 is 3.46. The van der Waals surface area contributed by atoms with Crippen LogP contribution < -0.4 is 9.47 Å². The van der Waals surface area contributed by atoms with Crippen molar-refractivity contribution in [2.24, 2.45) is 0 Å². The number of amides is 1. The number of methoxy groups -OCH3 is 1. The van der Waals surface area contributed by atoms with Crippen LogP contribution in [0.2, 0.25) is 0 Å². The fourth-order valence-corrected chi connectivity index (χ4v) is 3.00. The van der Waals surface area contributed by atoms with E-state index in [2.05, 4.69) is 15.9 Å². The lowest BCUT2D eigenvalue weighted by atomic mass is 10.1. The topological polar surface area (TPSA) is 59.0 Å². The molecule has 0 aromatic heterocycles. The molecule has 1 heterocycles. The molecule has 1 amide bonds. The average Bonchev–Trinajstić information content (AvgIpc) is 2.53. The van der Waals surface area contributed by atoms with Crippen molar-refractivity contribution < 1.29 is 19.4 Å². The minimum Gasteiger partial charge on any atom is -0.493 e. The summed E-state index contributed by atoms with van der Waals surface area (Å²) in [4.78, 5) is 14.3. The number of nitrogens with zero attached hydrogens (tertiary/aromatic N) is 1. The molecule has 1 aliphatic rings. The Balaban J connectivity index is 2.20. The number of carbonyl (C=O) groups excluding carboxylic acids is 1. The molecule has 1 aliphatic heterocycles. The van der Waals surface area contributed by atoms with E-state index in [0.29, 0.717) is 54.1 Å². The summed E-state index contributed by atoms with van der Waals surface area (Å²) in [6.07, 6.45) is 1.85. The number of aliphatic hydroxyl groups is 1. The minimum absolute atomic E-state index is 0.0482. The maximum atomic E-state index is 12.6. The van der Waals surface area contributed by atoms with Crippen LogP contribution in [0.1, 0.15) is 36.5 Å². The Morgan fingerprint density at radius 1 is 1.41 bits per heavy atom. The van der Waals surface area contributed by atoms with Crippen molar-refractivity contribution in [1.82, 2.24) is 4.90 Å². The Hall–Kier alpha value is -1.27. The van der Waals surface area contributed by atoms with E-state index < -0.39 is 0 Å². The highest BCUT2D eigenvalue weighted by molar-refractivity contribution is 9.10. The van der Waals surface area contributed by atoms with Crippen molar-refractivity contribution >= 4 is 21.8 Å². The molecule has 0 atom stereocenters. The summed E-state index contributed by atoms with van der Waals surface area (Å²) in [6.45, 7) is 3.78. The van der Waals surface area contributed by atoms with Gasteiger partial charge in [-0.1, -0.05) is 6.92 Å². The lowest BCUT2D eigenvalue weighted by Gasteiger charge is -2.29. The van der Waals surface area contributed by atoms with E-state index in [9.17, 15) is 9.90 Å². The Kier molecular flexibility index (Phi) is 6.08. The zero-order valence-corrected chi connectivity index (χ0v) is 14.6. The van der Waals surface area contributed by atoms with Crippen LogP contribution >= 0.6 is 15.9 Å². The Morgan fingerprint density at radius 2 is 2.09 bits per heavy atom. The number of hydrogen-bond acceptors (Lipinski definition) is 4. The second kappa shape index (κ2) is 7.83. The summed E-state index contributed by atoms with van der Waals surface area (Å²) in [6, 6.07) is 3.48. The SMILES string of the molecule is CCCOc1c(Br)cc(C(=O)N2CCC(O)CC2)cc1OC. The number of aliphatic hydroxyl groups excluding tert-OH is 1. The third-order valence-electron chi connectivity index (χ3n) is 3.68. The third kappa shape index (κ3) is 3.93. The molecule has 0 saturated carbocycles. The predicted molar refractivity (Wildman–Crippen MR) is 87.6 cm³/mol. The quantitative estimate of drug-likeness (QED) is 0.864. The van der Waals surface area contributed by atoms with Gasteiger partial charge in [-0.2, -0.15) is 0 Å². The first kappa shape index (κ1) is 17.1. The van der Waals surface area contributed by atoms with E-state index in [1.807, 2.05) is 6.92 Å². The maximum Gasteiger partial charge on any atom is 0.254 e. The molecule has 0 spiro atoms. The number of benzene rings is 1. The van der Waals surface area contributed by atoms with Gasteiger partial charge in [-0.05, 0) is 47.3 Å². The Bertz CT molecular complexity index is 527. The Morgan fingerprint density at radius 3 is 2.68 bits per heavy atom. The van der Waals surface area contributed by atoms with Crippen molar-refractivity contribution in [3.8, 4) is 11.5 Å². The molecule has 1 fully saturated rings. The number of piperidine rings is 1. The van der Waals surface area contributed by atoms with Crippen LogP contribution in [-0.4, -0.2) is 48.8 Å². The van der Waals surface area contributed by atoms with Crippen LogP contribution in [0.5, 0.6) is 11.5 Å². The summed E-state index contributed by atoms with van der Waals surface area (Å²) in [5.41, 5.74) is 0.559. The molecule has 22 heavy (non-hydrogen) atoms. The zero-order valence-electron chi connectivity index (χ0n) is 13.0. The van der Waals surface area contributed by atoms with Gasteiger partial charge in [-0.3, -0.25) is 4.79 Å². The van der Waals surface area contributed by atoms with E-state index in [4.69, 9.17) is 9.47 Å². The van der Waals surface area contributed by atoms with Gasteiger partial charge in [0, 0.05) is 18.7 Å². The average molecular weight is 372 g/mol. The van der Waals surface area contributed by atoms with Gasteiger partial charge in [-0.25, -0.2) is 0 Å². The number of ether oxygens (including phenoxy) is 2. The Labute approximate surface area is 139 Å².